The van der Waals surface area contributed by atoms with Gasteiger partial charge in [-0.2, -0.15) is 0 Å². The largest absolute Gasteiger partial charge is 0.497 e. The van der Waals surface area contributed by atoms with Crippen LogP contribution in [0, 0.1) is 0 Å². The molecule has 0 aliphatic carbocycles. The number of nitrogens with zero attached hydrogens (tertiary/aromatic N) is 2. The van der Waals surface area contributed by atoms with Crippen LogP contribution in [-0.2, 0) is 26.2 Å². The predicted molar refractivity (Wildman–Crippen MR) is 149 cm³/mol. The van der Waals surface area contributed by atoms with Gasteiger partial charge in [0.2, 0.25) is 11.8 Å². The molecule has 3 aromatic carbocycles. The second-order valence-corrected chi connectivity index (χ2v) is 11.1. The highest BCUT2D eigenvalue weighted by Gasteiger charge is 2.33. The number of likely N-dealkylation sites (N-methyl/N-ethyl adjacent to an activating group) is 1. The van der Waals surface area contributed by atoms with E-state index in [1.54, 1.807) is 31.2 Å². The number of halogens is 1. The molecule has 0 radical (unpaired) electrons. The normalized spacial score (nSPS) is 11.8. The quantitative estimate of drug-likeness (QED) is 0.357. The van der Waals surface area contributed by atoms with Crippen molar-refractivity contribution in [1.29, 1.82) is 0 Å². The van der Waals surface area contributed by atoms with Crippen LogP contribution in [0.25, 0.3) is 0 Å². The number of carbonyl (C=O) groups excluding carboxylic acids is 2. The van der Waals surface area contributed by atoms with Crippen molar-refractivity contribution in [2.24, 2.45) is 0 Å². The number of benzene rings is 3. The lowest BCUT2D eigenvalue weighted by Crippen LogP contribution is -2.50. The highest BCUT2D eigenvalue weighted by molar-refractivity contribution is 9.10. The number of carbonyl (C=O) groups is 2. The summed E-state index contributed by atoms with van der Waals surface area (Å²) < 4.78 is 40.2. The van der Waals surface area contributed by atoms with Crippen LogP contribution in [-0.4, -0.2) is 59.0 Å². The van der Waals surface area contributed by atoms with Gasteiger partial charge in [0.1, 0.15) is 24.1 Å². The Bertz CT molecular complexity index is 1380. The van der Waals surface area contributed by atoms with Crippen LogP contribution in [0.4, 0.5) is 5.69 Å². The first kappa shape index (κ1) is 29.0. The molecule has 2 amide bonds. The summed E-state index contributed by atoms with van der Waals surface area (Å²) in [4.78, 5) is 27.7. The standard InChI is InChI=1S/C27H30BrN3O6S/c1-19(27(33)29-2)30(17-20-8-7-9-21(28)16-20)26(32)18-31(24-10-5-6-11-25(24)37-4)38(34,35)23-14-12-22(36-3)13-15-23/h5-16,19H,17-18H2,1-4H3,(H,29,33)/t19-/m1/s1. The van der Waals surface area contributed by atoms with Gasteiger partial charge in [-0.25, -0.2) is 8.42 Å². The highest BCUT2D eigenvalue weighted by Crippen LogP contribution is 2.33. The van der Waals surface area contributed by atoms with Crippen LogP contribution < -0.4 is 19.1 Å². The maximum Gasteiger partial charge on any atom is 0.264 e. The maximum atomic E-state index is 13.9. The molecule has 0 unspecified atom stereocenters. The van der Waals surface area contributed by atoms with Gasteiger partial charge in [0.25, 0.3) is 10.0 Å². The molecule has 0 heterocycles. The molecular formula is C27H30BrN3O6S. The van der Waals surface area contributed by atoms with E-state index in [1.165, 1.54) is 50.4 Å². The fraction of sp³-hybridized carbons (Fsp3) is 0.259. The zero-order valence-electron chi connectivity index (χ0n) is 21.5. The molecule has 3 aromatic rings. The van der Waals surface area contributed by atoms with Gasteiger partial charge >= 0.3 is 0 Å². The molecule has 38 heavy (non-hydrogen) atoms. The number of methoxy groups -OCH3 is 2. The first-order valence-electron chi connectivity index (χ1n) is 11.7. The minimum atomic E-state index is -4.23. The van der Waals surface area contributed by atoms with E-state index < -0.39 is 28.5 Å². The fourth-order valence-corrected chi connectivity index (χ4v) is 5.72. The maximum absolute atomic E-state index is 13.9. The van der Waals surface area contributed by atoms with Gasteiger partial charge in [-0.3, -0.25) is 13.9 Å². The summed E-state index contributed by atoms with van der Waals surface area (Å²) in [6.45, 7) is 1.12. The van der Waals surface area contributed by atoms with E-state index in [1.807, 2.05) is 24.3 Å². The minimum absolute atomic E-state index is 0.0325. The molecule has 9 nitrogen and oxygen atoms in total. The lowest BCUT2D eigenvalue weighted by Gasteiger charge is -2.32. The Morgan fingerprint density at radius 3 is 2.26 bits per heavy atom. The Morgan fingerprint density at radius 1 is 0.974 bits per heavy atom. The number of sulfonamides is 1. The van der Waals surface area contributed by atoms with Crippen LogP contribution in [0.5, 0.6) is 11.5 Å². The van der Waals surface area contributed by atoms with E-state index in [4.69, 9.17) is 9.47 Å². The summed E-state index contributed by atoms with van der Waals surface area (Å²) in [7, 11) is 0.158. The first-order valence-corrected chi connectivity index (χ1v) is 13.9. The van der Waals surface area contributed by atoms with Crippen molar-refractivity contribution in [2.45, 2.75) is 24.4 Å². The van der Waals surface area contributed by atoms with Crippen LogP contribution in [0.1, 0.15) is 12.5 Å². The second kappa shape index (κ2) is 12.8. The molecule has 202 valence electrons. The van der Waals surface area contributed by atoms with Gasteiger partial charge in [0.05, 0.1) is 24.8 Å². The lowest BCUT2D eigenvalue weighted by atomic mass is 10.1. The van der Waals surface area contributed by atoms with Crippen molar-refractivity contribution in [3.8, 4) is 11.5 Å². The molecule has 0 spiro atoms. The van der Waals surface area contributed by atoms with Crippen LogP contribution in [0.3, 0.4) is 0 Å². The zero-order chi connectivity index (χ0) is 27.9. The molecule has 3 rings (SSSR count). The fourth-order valence-electron chi connectivity index (χ4n) is 3.85. The van der Waals surface area contributed by atoms with Gasteiger partial charge in [0.15, 0.2) is 0 Å². The van der Waals surface area contributed by atoms with E-state index in [0.717, 1.165) is 14.3 Å². The monoisotopic (exact) mass is 603 g/mol. The Balaban J connectivity index is 2.07. The van der Waals surface area contributed by atoms with Crippen molar-refractivity contribution in [3.63, 3.8) is 0 Å². The molecular weight excluding hydrogens is 574 g/mol. The third-order valence-corrected chi connectivity index (χ3v) is 8.20. The van der Waals surface area contributed by atoms with Gasteiger partial charge in [-0.05, 0) is 61.0 Å². The average molecular weight is 605 g/mol. The zero-order valence-corrected chi connectivity index (χ0v) is 24.0. The van der Waals surface area contributed by atoms with Crippen LogP contribution in [0.2, 0.25) is 0 Å². The number of hydrogen-bond donors (Lipinski definition) is 1. The number of amides is 2. The molecule has 0 aliphatic rings. The Hall–Kier alpha value is -3.57. The third kappa shape index (κ3) is 6.65. The summed E-state index contributed by atoms with van der Waals surface area (Å²) in [6.07, 6.45) is 0. The minimum Gasteiger partial charge on any atom is -0.497 e. The molecule has 0 bridgehead atoms. The summed E-state index contributed by atoms with van der Waals surface area (Å²) in [5.74, 6) is -0.182. The van der Waals surface area contributed by atoms with Crippen LogP contribution >= 0.6 is 15.9 Å². The third-order valence-electron chi connectivity index (χ3n) is 5.94. The van der Waals surface area contributed by atoms with E-state index in [0.29, 0.717) is 5.75 Å². The molecule has 0 aliphatic heterocycles. The van der Waals surface area contributed by atoms with Gasteiger partial charge in [-0.15, -0.1) is 0 Å². The molecule has 1 atom stereocenters. The Labute approximate surface area is 231 Å². The molecule has 0 aromatic heterocycles. The number of ether oxygens (including phenoxy) is 2. The summed E-state index contributed by atoms with van der Waals surface area (Å²) >= 11 is 3.42. The smallest absolute Gasteiger partial charge is 0.264 e. The van der Waals surface area contributed by atoms with Crippen molar-refractivity contribution in [3.05, 3.63) is 82.8 Å². The molecule has 1 N–H and O–H groups in total. The van der Waals surface area contributed by atoms with E-state index in [2.05, 4.69) is 21.2 Å². The first-order chi connectivity index (χ1) is 18.1. The van der Waals surface area contributed by atoms with Crippen LogP contribution in [0.15, 0.2) is 82.2 Å². The summed E-state index contributed by atoms with van der Waals surface area (Å²) in [5.41, 5.74) is 0.958. The molecule has 0 fully saturated rings. The lowest BCUT2D eigenvalue weighted by molar-refractivity contribution is -0.139. The Kier molecular flexibility index (Phi) is 9.76. The summed E-state index contributed by atoms with van der Waals surface area (Å²) in [5, 5.41) is 2.56. The van der Waals surface area contributed by atoms with Gasteiger partial charge in [0, 0.05) is 18.1 Å². The predicted octanol–water partition coefficient (Wildman–Crippen LogP) is 3.82. The molecule has 0 saturated heterocycles. The van der Waals surface area contributed by atoms with E-state index >= 15 is 0 Å². The number of hydrogen-bond acceptors (Lipinski definition) is 6. The highest BCUT2D eigenvalue weighted by atomic mass is 79.9. The van der Waals surface area contributed by atoms with Crippen molar-refractivity contribution < 1.29 is 27.5 Å². The van der Waals surface area contributed by atoms with E-state index in [9.17, 15) is 18.0 Å². The van der Waals surface area contributed by atoms with E-state index in [-0.39, 0.29) is 28.8 Å². The summed E-state index contributed by atoms with van der Waals surface area (Å²) in [6, 6.07) is 18.9. The number of rotatable bonds is 11. The number of para-hydroxylation sites is 2. The number of nitrogens with one attached hydrogen (secondary N) is 1. The van der Waals surface area contributed by atoms with Gasteiger partial charge in [-0.1, -0.05) is 40.2 Å². The molecule has 11 heteroatoms. The van der Waals surface area contributed by atoms with Crippen molar-refractivity contribution >= 4 is 43.5 Å². The topological polar surface area (TPSA) is 105 Å². The average Bonchev–Trinajstić information content (AvgIpc) is 2.93. The van der Waals surface area contributed by atoms with Gasteiger partial charge < -0.3 is 19.7 Å². The molecule has 0 saturated carbocycles. The number of anilines is 1. The van der Waals surface area contributed by atoms with Crippen molar-refractivity contribution in [1.82, 2.24) is 10.2 Å². The van der Waals surface area contributed by atoms with Crippen molar-refractivity contribution in [2.75, 3.05) is 32.1 Å². The SMILES string of the molecule is CNC(=O)[C@@H](C)N(Cc1cccc(Br)c1)C(=O)CN(c1ccccc1OC)S(=O)(=O)c1ccc(OC)cc1. The second-order valence-electron chi connectivity index (χ2n) is 8.30. The Morgan fingerprint density at radius 2 is 1.66 bits per heavy atom.